The number of carbonyl (C=O) groups excluding carboxylic acids is 1. The molecular weight excluding hydrogens is 440 g/mol. The maximum Gasteiger partial charge on any atom is 0.387 e. The van der Waals surface area contributed by atoms with Crippen molar-refractivity contribution >= 4 is 11.9 Å². The molecule has 0 unspecified atom stereocenters. The van der Waals surface area contributed by atoms with Gasteiger partial charge in [0.1, 0.15) is 5.69 Å². The van der Waals surface area contributed by atoms with Crippen molar-refractivity contribution in [3.8, 4) is 22.8 Å². The third-order valence-corrected chi connectivity index (χ3v) is 4.99. The first-order chi connectivity index (χ1) is 16.5. The van der Waals surface area contributed by atoms with Crippen LogP contribution in [0, 0.1) is 0 Å². The number of alkyl halides is 2. The van der Waals surface area contributed by atoms with Gasteiger partial charge in [0, 0.05) is 35.3 Å². The first-order valence-corrected chi connectivity index (χ1v) is 10.4. The standard InChI is InChI=1S/C26H21F2N3O3/c1-33-24-14-19(10-12-23(24)34-26(27)28)22(32)11-9-21-17-31(16-18-6-3-2-4-7-18)30-25(21)20-8-5-13-29-15-20/h2-15,17,26H,16H2,1H3/b11-9+. The molecular formula is C26H21F2N3O3. The Morgan fingerprint density at radius 1 is 1.09 bits per heavy atom. The van der Waals surface area contributed by atoms with Crippen molar-refractivity contribution in [2.24, 2.45) is 0 Å². The molecule has 0 bridgehead atoms. The maximum atomic E-state index is 12.8. The molecule has 0 aliphatic heterocycles. The van der Waals surface area contributed by atoms with Gasteiger partial charge in [-0.1, -0.05) is 30.3 Å². The van der Waals surface area contributed by atoms with Crippen LogP contribution in [0.25, 0.3) is 17.3 Å². The van der Waals surface area contributed by atoms with E-state index in [1.165, 1.54) is 31.4 Å². The third-order valence-electron chi connectivity index (χ3n) is 4.99. The second-order valence-corrected chi connectivity index (χ2v) is 7.30. The van der Waals surface area contributed by atoms with E-state index in [0.717, 1.165) is 16.7 Å². The van der Waals surface area contributed by atoms with E-state index in [2.05, 4.69) is 9.72 Å². The van der Waals surface area contributed by atoms with Crippen molar-refractivity contribution in [3.05, 3.63) is 102 Å². The highest BCUT2D eigenvalue weighted by Gasteiger charge is 2.14. The summed E-state index contributed by atoms with van der Waals surface area (Å²) in [6, 6.07) is 17.7. The van der Waals surface area contributed by atoms with E-state index >= 15 is 0 Å². The van der Waals surface area contributed by atoms with Gasteiger partial charge in [0.2, 0.25) is 0 Å². The topological polar surface area (TPSA) is 66.2 Å². The molecule has 0 saturated carbocycles. The molecule has 2 aromatic heterocycles. The number of nitrogens with zero attached hydrogens (tertiary/aromatic N) is 3. The number of ketones is 1. The van der Waals surface area contributed by atoms with E-state index < -0.39 is 6.61 Å². The van der Waals surface area contributed by atoms with Gasteiger partial charge in [-0.05, 0) is 48.0 Å². The highest BCUT2D eigenvalue weighted by Crippen LogP contribution is 2.30. The monoisotopic (exact) mass is 461 g/mol. The molecule has 8 heteroatoms. The molecule has 0 fully saturated rings. The van der Waals surface area contributed by atoms with Crippen LogP contribution in [0.5, 0.6) is 11.5 Å². The van der Waals surface area contributed by atoms with E-state index in [0.29, 0.717) is 12.2 Å². The number of aromatic nitrogens is 3. The van der Waals surface area contributed by atoms with Gasteiger partial charge in [-0.2, -0.15) is 13.9 Å². The minimum atomic E-state index is -2.99. The van der Waals surface area contributed by atoms with Crippen molar-refractivity contribution < 1.29 is 23.0 Å². The van der Waals surface area contributed by atoms with E-state index in [9.17, 15) is 13.6 Å². The number of ether oxygens (including phenoxy) is 2. The van der Waals surface area contributed by atoms with Gasteiger partial charge in [0.25, 0.3) is 0 Å². The molecule has 2 heterocycles. The molecule has 0 atom stereocenters. The van der Waals surface area contributed by atoms with E-state index in [1.807, 2.05) is 48.7 Å². The van der Waals surface area contributed by atoms with Crippen LogP contribution in [0.1, 0.15) is 21.5 Å². The van der Waals surface area contributed by atoms with Crippen molar-refractivity contribution in [2.45, 2.75) is 13.2 Å². The summed E-state index contributed by atoms with van der Waals surface area (Å²) < 4.78 is 36.4. The van der Waals surface area contributed by atoms with Crippen LogP contribution in [0.2, 0.25) is 0 Å². The minimum Gasteiger partial charge on any atom is -0.493 e. The predicted molar refractivity (Wildman–Crippen MR) is 124 cm³/mol. The summed E-state index contributed by atoms with van der Waals surface area (Å²) in [6.45, 7) is -2.42. The fourth-order valence-electron chi connectivity index (χ4n) is 3.41. The first kappa shape index (κ1) is 22.8. The van der Waals surface area contributed by atoms with Gasteiger partial charge in [-0.25, -0.2) is 0 Å². The maximum absolute atomic E-state index is 12.8. The number of benzene rings is 2. The second-order valence-electron chi connectivity index (χ2n) is 7.30. The molecule has 0 aliphatic carbocycles. The van der Waals surface area contributed by atoms with Crippen molar-refractivity contribution in [1.82, 2.24) is 14.8 Å². The SMILES string of the molecule is COc1cc(C(=O)/C=C/c2cn(Cc3ccccc3)nc2-c2cccnc2)ccc1OC(F)F. The van der Waals surface area contributed by atoms with E-state index in [-0.39, 0.29) is 22.8 Å². The number of methoxy groups -OCH3 is 1. The Bertz CT molecular complexity index is 1290. The van der Waals surface area contributed by atoms with Crippen LogP contribution in [-0.4, -0.2) is 34.3 Å². The van der Waals surface area contributed by atoms with Crippen LogP contribution in [-0.2, 0) is 6.54 Å². The average molecular weight is 461 g/mol. The van der Waals surface area contributed by atoms with Gasteiger partial charge < -0.3 is 9.47 Å². The van der Waals surface area contributed by atoms with Crippen LogP contribution in [0.3, 0.4) is 0 Å². The molecule has 0 radical (unpaired) electrons. The normalized spacial score (nSPS) is 11.2. The van der Waals surface area contributed by atoms with Gasteiger partial charge in [0.05, 0.1) is 13.7 Å². The summed E-state index contributed by atoms with van der Waals surface area (Å²) in [7, 11) is 1.32. The van der Waals surface area contributed by atoms with Crippen LogP contribution in [0.15, 0.2) is 85.3 Å². The third kappa shape index (κ3) is 5.53. The number of carbonyl (C=O) groups is 1. The fraction of sp³-hybridized carbons (Fsp3) is 0.115. The molecule has 0 N–H and O–H groups in total. The second kappa shape index (κ2) is 10.5. The Morgan fingerprint density at radius 3 is 2.62 bits per heavy atom. The summed E-state index contributed by atoms with van der Waals surface area (Å²) in [4.78, 5) is 17.0. The summed E-state index contributed by atoms with van der Waals surface area (Å²) in [5, 5.41) is 4.70. The lowest BCUT2D eigenvalue weighted by Crippen LogP contribution is -2.04. The molecule has 2 aromatic carbocycles. The molecule has 0 amide bonds. The quantitative estimate of drug-likeness (QED) is 0.243. The van der Waals surface area contributed by atoms with Crippen molar-refractivity contribution in [2.75, 3.05) is 7.11 Å². The molecule has 6 nitrogen and oxygen atoms in total. The first-order valence-electron chi connectivity index (χ1n) is 10.4. The molecule has 4 aromatic rings. The lowest BCUT2D eigenvalue weighted by molar-refractivity contribution is -0.0512. The Kier molecular flexibility index (Phi) is 7.07. The fourth-order valence-corrected chi connectivity index (χ4v) is 3.41. The van der Waals surface area contributed by atoms with E-state index in [1.54, 1.807) is 23.2 Å². The van der Waals surface area contributed by atoms with Crippen molar-refractivity contribution in [3.63, 3.8) is 0 Å². The largest absolute Gasteiger partial charge is 0.493 e. The predicted octanol–water partition coefficient (Wildman–Crippen LogP) is 5.50. The highest BCUT2D eigenvalue weighted by atomic mass is 19.3. The van der Waals surface area contributed by atoms with Gasteiger partial charge >= 0.3 is 6.61 Å². The van der Waals surface area contributed by atoms with Gasteiger partial charge in [-0.15, -0.1) is 0 Å². The zero-order valence-corrected chi connectivity index (χ0v) is 18.3. The Labute approximate surface area is 195 Å². The van der Waals surface area contributed by atoms with Crippen LogP contribution >= 0.6 is 0 Å². The molecule has 0 aliphatic rings. The number of hydrogen-bond acceptors (Lipinski definition) is 5. The van der Waals surface area contributed by atoms with Crippen LogP contribution in [0.4, 0.5) is 8.78 Å². The summed E-state index contributed by atoms with van der Waals surface area (Å²) in [5.41, 5.74) is 3.60. The summed E-state index contributed by atoms with van der Waals surface area (Å²) in [5.74, 6) is -0.416. The Hall–Kier alpha value is -4.33. The average Bonchev–Trinajstić information content (AvgIpc) is 3.26. The van der Waals surface area contributed by atoms with Gasteiger partial charge in [-0.3, -0.25) is 14.5 Å². The van der Waals surface area contributed by atoms with Crippen LogP contribution < -0.4 is 9.47 Å². The zero-order valence-electron chi connectivity index (χ0n) is 18.3. The number of pyridine rings is 1. The van der Waals surface area contributed by atoms with E-state index in [4.69, 9.17) is 9.84 Å². The molecule has 4 rings (SSSR count). The number of halogens is 2. The molecule has 34 heavy (non-hydrogen) atoms. The molecule has 172 valence electrons. The Morgan fingerprint density at radius 2 is 1.91 bits per heavy atom. The minimum absolute atomic E-state index is 0.0475. The smallest absolute Gasteiger partial charge is 0.387 e. The van der Waals surface area contributed by atoms with Crippen molar-refractivity contribution in [1.29, 1.82) is 0 Å². The Balaban J connectivity index is 1.62. The molecule has 0 spiro atoms. The lowest BCUT2D eigenvalue weighted by atomic mass is 10.1. The summed E-state index contributed by atoms with van der Waals surface area (Å²) >= 11 is 0. The lowest BCUT2D eigenvalue weighted by Gasteiger charge is -2.10. The highest BCUT2D eigenvalue weighted by molar-refractivity contribution is 6.07. The summed E-state index contributed by atoms with van der Waals surface area (Å²) in [6.07, 6.45) is 8.33. The number of allylic oxidation sites excluding steroid dienone is 1. The number of rotatable bonds is 9. The zero-order chi connectivity index (χ0) is 23.9. The molecule has 0 saturated heterocycles. The number of hydrogen-bond donors (Lipinski definition) is 0. The van der Waals surface area contributed by atoms with Gasteiger partial charge in [0.15, 0.2) is 17.3 Å².